The van der Waals surface area contributed by atoms with Crippen molar-refractivity contribution < 1.29 is 18.8 Å². The summed E-state index contributed by atoms with van der Waals surface area (Å²) in [7, 11) is 0. The number of aromatic nitrogens is 2. The van der Waals surface area contributed by atoms with Crippen LogP contribution in [0.3, 0.4) is 0 Å². The molecule has 0 aliphatic carbocycles. The first-order valence-corrected chi connectivity index (χ1v) is 15.0. The number of hydrogen-bond acceptors (Lipinski definition) is 7. The Balaban J connectivity index is 1.56. The summed E-state index contributed by atoms with van der Waals surface area (Å²) >= 11 is 1.19. The molecule has 1 aliphatic heterocycles. The highest BCUT2D eigenvalue weighted by atomic mass is 32.1. The smallest absolute Gasteiger partial charge is 0.338 e. The van der Waals surface area contributed by atoms with Crippen LogP contribution in [-0.4, -0.2) is 26.6 Å². The predicted molar refractivity (Wildman–Crippen MR) is 169 cm³/mol. The number of rotatable bonds is 7. The third kappa shape index (κ3) is 5.42. The fourth-order valence-electron chi connectivity index (χ4n) is 5.60. The molecule has 2 aromatic heterocycles. The largest absolute Gasteiger partial charge is 0.463 e. The number of nitrogens with zero attached hydrogens (tertiary/aromatic N) is 4. The van der Waals surface area contributed by atoms with Gasteiger partial charge in [0.1, 0.15) is 5.82 Å². The van der Waals surface area contributed by atoms with Gasteiger partial charge < -0.3 is 9.30 Å². The Hall–Kier alpha value is -5.42. The van der Waals surface area contributed by atoms with Crippen LogP contribution in [0.25, 0.3) is 17.5 Å². The molecular formula is C34H27FN4O5S. The van der Waals surface area contributed by atoms with Gasteiger partial charge in [-0.05, 0) is 68.3 Å². The number of aryl methyl sites for hydroxylation is 1. The number of carbonyl (C=O) groups is 1. The molecular weight excluding hydrogens is 595 g/mol. The van der Waals surface area contributed by atoms with Crippen molar-refractivity contribution in [3.8, 4) is 5.69 Å². The molecule has 0 radical (unpaired) electrons. The molecule has 1 atom stereocenters. The number of fused-ring (bicyclic) bond motifs is 1. The highest BCUT2D eigenvalue weighted by Crippen LogP contribution is 2.35. The summed E-state index contributed by atoms with van der Waals surface area (Å²) in [6, 6.07) is 22.2. The zero-order valence-electron chi connectivity index (χ0n) is 24.6. The Bertz CT molecular complexity index is 2160. The number of hydrogen-bond donors (Lipinski definition) is 0. The van der Waals surface area contributed by atoms with Crippen LogP contribution in [0.2, 0.25) is 0 Å². The van der Waals surface area contributed by atoms with E-state index >= 15 is 0 Å². The highest BCUT2D eigenvalue weighted by molar-refractivity contribution is 7.07. The molecule has 0 fully saturated rings. The maximum Gasteiger partial charge on any atom is 0.338 e. The number of ether oxygens (including phenoxy) is 1. The molecule has 0 unspecified atom stereocenters. The average molecular weight is 623 g/mol. The summed E-state index contributed by atoms with van der Waals surface area (Å²) in [5.74, 6) is -1.06. The van der Waals surface area contributed by atoms with Gasteiger partial charge in [-0.2, -0.15) is 0 Å². The topological polar surface area (TPSA) is 109 Å². The fraction of sp³-hybridized carbons (Fsp3) is 0.147. The van der Waals surface area contributed by atoms with Gasteiger partial charge in [-0.15, -0.1) is 0 Å². The number of nitro groups is 1. The van der Waals surface area contributed by atoms with E-state index in [9.17, 15) is 24.1 Å². The van der Waals surface area contributed by atoms with Crippen molar-refractivity contribution in [1.29, 1.82) is 0 Å². The van der Waals surface area contributed by atoms with Gasteiger partial charge in [0.05, 0.1) is 33.4 Å². The number of esters is 1. The Kier molecular flexibility index (Phi) is 7.86. The summed E-state index contributed by atoms with van der Waals surface area (Å²) in [4.78, 5) is 43.6. The van der Waals surface area contributed by atoms with Gasteiger partial charge in [0.2, 0.25) is 0 Å². The standard InChI is InChI=1S/C34H27FN4O5S/c1-4-44-33(41)29-30(22-8-6-5-7-9-22)36-34-38(31(29)23-10-12-25(35)13-11-23)32(40)28(45-34)19-24-18-20(2)37(21(24)3)26-14-16-27(17-15-26)39(42)43/h5-19,31H,4H2,1-3H3/b28-19-/t31-/m0/s1. The second-order valence-corrected chi connectivity index (χ2v) is 11.4. The molecule has 0 saturated heterocycles. The second kappa shape index (κ2) is 11.9. The van der Waals surface area contributed by atoms with Crippen LogP contribution in [0.4, 0.5) is 10.1 Å². The molecule has 0 amide bonds. The molecule has 5 aromatic rings. The number of carbonyl (C=O) groups excluding carboxylic acids is 1. The molecule has 0 spiro atoms. The Labute approximate surface area is 260 Å². The van der Waals surface area contributed by atoms with Gasteiger partial charge >= 0.3 is 5.97 Å². The second-order valence-electron chi connectivity index (χ2n) is 10.4. The lowest BCUT2D eigenvalue weighted by Gasteiger charge is -2.25. The van der Waals surface area contributed by atoms with E-state index in [-0.39, 0.29) is 23.4 Å². The molecule has 11 heteroatoms. The van der Waals surface area contributed by atoms with Gasteiger partial charge in [0, 0.05) is 34.8 Å². The summed E-state index contributed by atoms with van der Waals surface area (Å²) < 4.78 is 23.3. The lowest BCUT2D eigenvalue weighted by atomic mass is 9.93. The maximum absolute atomic E-state index is 14.2. The quantitative estimate of drug-likeness (QED) is 0.137. The molecule has 0 saturated carbocycles. The first-order chi connectivity index (χ1) is 21.7. The van der Waals surface area contributed by atoms with Crippen molar-refractivity contribution in [1.82, 2.24) is 9.13 Å². The van der Waals surface area contributed by atoms with E-state index in [0.717, 1.165) is 22.6 Å². The van der Waals surface area contributed by atoms with E-state index in [4.69, 9.17) is 9.73 Å². The first kappa shape index (κ1) is 29.6. The van der Waals surface area contributed by atoms with Crippen LogP contribution in [0, 0.1) is 29.8 Å². The fourth-order valence-corrected chi connectivity index (χ4v) is 6.59. The minimum absolute atomic E-state index is 0.00434. The van der Waals surface area contributed by atoms with Crippen LogP contribution >= 0.6 is 11.3 Å². The van der Waals surface area contributed by atoms with Gasteiger partial charge in [-0.25, -0.2) is 14.2 Å². The summed E-state index contributed by atoms with van der Waals surface area (Å²) in [5.41, 5.74) is 4.65. The molecule has 3 heterocycles. The van der Waals surface area contributed by atoms with Crippen molar-refractivity contribution in [2.75, 3.05) is 6.61 Å². The van der Waals surface area contributed by atoms with E-state index in [0.29, 0.717) is 26.2 Å². The van der Waals surface area contributed by atoms with Crippen LogP contribution < -0.4 is 14.9 Å². The normalized spacial score (nSPS) is 14.7. The third-order valence-corrected chi connectivity index (χ3v) is 8.62. The van der Waals surface area contributed by atoms with Crippen molar-refractivity contribution in [2.24, 2.45) is 4.99 Å². The number of thiazole rings is 1. The lowest BCUT2D eigenvalue weighted by Crippen LogP contribution is -2.40. The highest BCUT2D eigenvalue weighted by Gasteiger charge is 2.35. The van der Waals surface area contributed by atoms with E-state index in [1.807, 2.05) is 54.8 Å². The Morgan fingerprint density at radius 2 is 1.76 bits per heavy atom. The minimum atomic E-state index is -0.911. The van der Waals surface area contributed by atoms with E-state index in [1.54, 1.807) is 37.3 Å². The zero-order valence-corrected chi connectivity index (χ0v) is 25.4. The van der Waals surface area contributed by atoms with Crippen molar-refractivity contribution in [3.63, 3.8) is 0 Å². The number of benzene rings is 3. The summed E-state index contributed by atoms with van der Waals surface area (Å²) in [6.07, 6.45) is 1.78. The summed E-state index contributed by atoms with van der Waals surface area (Å²) in [5, 5.41) is 11.1. The van der Waals surface area contributed by atoms with Crippen molar-refractivity contribution in [3.05, 3.63) is 154 Å². The van der Waals surface area contributed by atoms with Gasteiger partial charge in [-0.3, -0.25) is 19.5 Å². The van der Waals surface area contributed by atoms with Gasteiger partial charge in [0.25, 0.3) is 11.2 Å². The Morgan fingerprint density at radius 1 is 1.07 bits per heavy atom. The molecule has 3 aromatic carbocycles. The zero-order chi connectivity index (χ0) is 31.8. The monoisotopic (exact) mass is 622 g/mol. The first-order valence-electron chi connectivity index (χ1n) is 14.2. The van der Waals surface area contributed by atoms with Crippen molar-refractivity contribution in [2.45, 2.75) is 26.8 Å². The maximum atomic E-state index is 14.2. The average Bonchev–Trinajstić information content (AvgIpc) is 3.50. The van der Waals surface area contributed by atoms with Gasteiger partial charge in [0.15, 0.2) is 4.80 Å². The SMILES string of the molecule is CCOC(=O)C1=C(c2ccccc2)N=c2s/c(=C\c3cc(C)n(-c4ccc([N+](=O)[O-])cc4)c3C)c(=O)n2[C@H]1c1ccc(F)cc1. The number of non-ortho nitro benzene ring substituents is 1. The van der Waals surface area contributed by atoms with Gasteiger partial charge in [-0.1, -0.05) is 53.8 Å². The van der Waals surface area contributed by atoms with Crippen LogP contribution in [0.15, 0.2) is 100 Å². The van der Waals surface area contributed by atoms with E-state index in [1.165, 1.54) is 40.2 Å². The number of nitro benzene ring substituents is 1. The predicted octanol–water partition coefficient (Wildman–Crippen LogP) is 5.39. The molecule has 45 heavy (non-hydrogen) atoms. The molecule has 0 N–H and O–H groups in total. The molecule has 0 bridgehead atoms. The van der Waals surface area contributed by atoms with Crippen LogP contribution in [0.1, 0.15) is 41.0 Å². The molecule has 9 nitrogen and oxygen atoms in total. The van der Waals surface area contributed by atoms with Crippen molar-refractivity contribution >= 4 is 34.8 Å². The Morgan fingerprint density at radius 3 is 2.40 bits per heavy atom. The minimum Gasteiger partial charge on any atom is -0.463 e. The lowest BCUT2D eigenvalue weighted by molar-refractivity contribution is -0.384. The van der Waals surface area contributed by atoms with Crippen LogP contribution in [-0.2, 0) is 9.53 Å². The van der Waals surface area contributed by atoms with Crippen LogP contribution in [0.5, 0.6) is 0 Å². The third-order valence-electron chi connectivity index (χ3n) is 7.64. The van der Waals surface area contributed by atoms with E-state index in [2.05, 4.69) is 0 Å². The number of halogens is 1. The molecule has 226 valence electrons. The molecule has 6 rings (SSSR count). The molecule has 1 aliphatic rings. The van der Waals surface area contributed by atoms with E-state index < -0.39 is 22.8 Å². The summed E-state index contributed by atoms with van der Waals surface area (Å²) in [6.45, 7) is 5.65.